The largest absolute Gasteiger partial charge is 0.465 e. The van der Waals surface area contributed by atoms with Crippen molar-refractivity contribution in [2.75, 3.05) is 20.2 Å². The van der Waals surface area contributed by atoms with Gasteiger partial charge in [-0.2, -0.15) is 0 Å². The zero-order valence-electron chi connectivity index (χ0n) is 15.7. The molecule has 1 aromatic rings. The molecule has 1 aliphatic heterocycles. The van der Waals surface area contributed by atoms with E-state index >= 15 is 0 Å². The number of carbonyl (C=O) groups excluding carboxylic acids is 1. The Kier molecular flexibility index (Phi) is 4.42. The molecule has 2 aliphatic rings. The highest BCUT2D eigenvalue weighted by atomic mass is 16.5. The van der Waals surface area contributed by atoms with Crippen molar-refractivity contribution in [2.24, 2.45) is 10.8 Å². The van der Waals surface area contributed by atoms with Crippen LogP contribution in [0.1, 0.15) is 43.1 Å². The normalized spacial score (nSPS) is 24.2. The van der Waals surface area contributed by atoms with E-state index in [9.17, 15) is 14.7 Å². The van der Waals surface area contributed by atoms with Crippen molar-refractivity contribution in [3.63, 3.8) is 0 Å². The maximum atomic E-state index is 11.6. The van der Waals surface area contributed by atoms with Crippen molar-refractivity contribution in [2.45, 2.75) is 27.2 Å². The molecule has 1 aliphatic carbocycles. The average Bonchev–Trinajstić information content (AvgIpc) is 2.60. The Hall–Kier alpha value is -2.56. The van der Waals surface area contributed by atoms with Crippen molar-refractivity contribution in [1.29, 1.82) is 0 Å². The number of nitrogens with zero attached hydrogens (tertiary/aromatic N) is 1. The summed E-state index contributed by atoms with van der Waals surface area (Å²) >= 11 is 0. The number of carboxylic acid groups (broad SMARTS) is 1. The van der Waals surface area contributed by atoms with Crippen LogP contribution in [0.25, 0.3) is 5.57 Å². The van der Waals surface area contributed by atoms with E-state index in [2.05, 4.69) is 32.9 Å². The third kappa shape index (κ3) is 2.91. The van der Waals surface area contributed by atoms with Gasteiger partial charge < -0.3 is 14.7 Å². The molecule has 26 heavy (non-hydrogen) atoms. The van der Waals surface area contributed by atoms with Gasteiger partial charge in [0.15, 0.2) is 0 Å². The molecule has 1 atom stereocenters. The number of esters is 1. The Labute approximate surface area is 154 Å². The first-order valence-electron chi connectivity index (χ1n) is 8.77. The van der Waals surface area contributed by atoms with Crippen molar-refractivity contribution in [3.8, 4) is 0 Å². The highest BCUT2D eigenvalue weighted by molar-refractivity contribution is 5.90. The summed E-state index contributed by atoms with van der Waals surface area (Å²) in [5.74, 6) is -0.343. The fraction of sp³-hybridized carbons (Fsp3) is 0.429. The van der Waals surface area contributed by atoms with Crippen LogP contribution in [0.4, 0.5) is 4.79 Å². The lowest BCUT2D eigenvalue weighted by molar-refractivity contribution is 0.0600. The fourth-order valence-electron chi connectivity index (χ4n) is 4.46. The number of benzene rings is 1. The molecule has 1 amide bonds. The minimum atomic E-state index is -0.868. The summed E-state index contributed by atoms with van der Waals surface area (Å²) in [6.07, 6.45) is 4.22. The van der Waals surface area contributed by atoms with Crippen LogP contribution in [-0.4, -0.2) is 42.3 Å². The lowest BCUT2D eigenvalue weighted by atomic mass is 9.58. The van der Waals surface area contributed by atoms with E-state index in [1.807, 2.05) is 12.1 Å². The summed E-state index contributed by atoms with van der Waals surface area (Å²) in [5.41, 5.74) is 3.72. The second kappa shape index (κ2) is 6.31. The van der Waals surface area contributed by atoms with Gasteiger partial charge in [-0.1, -0.05) is 50.6 Å². The van der Waals surface area contributed by atoms with E-state index < -0.39 is 6.09 Å². The van der Waals surface area contributed by atoms with Gasteiger partial charge >= 0.3 is 12.1 Å². The third-order valence-corrected chi connectivity index (χ3v) is 5.70. The van der Waals surface area contributed by atoms with Crippen molar-refractivity contribution < 1.29 is 19.4 Å². The number of allylic oxidation sites excluding steroid dienone is 2. The molecule has 5 nitrogen and oxygen atoms in total. The van der Waals surface area contributed by atoms with Gasteiger partial charge in [0.1, 0.15) is 0 Å². The average molecular weight is 355 g/mol. The number of hydrogen-bond acceptors (Lipinski definition) is 3. The maximum absolute atomic E-state index is 11.6. The molecule has 1 unspecified atom stereocenters. The van der Waals surface area contributed by atoms with Crippen LogP contribution >= 0.6 is 0 Å². The third-order valence-electron chi connectivity index (χ3n) is 5.70. The molecule has 3 rings (SSSR count). The number of ether oxygens (including phenoxy) is 1. The second-order valence-electron chi connectivity index (χ2n) is 7.86. The molecule has 1 heterocycles. The van der Waals surface area contributed by atoms with E-state index in [4.69, 9.17) is 4.74 Å². The first kappa shape index (κ1) is 18.2. The van der Waals surface area contributed by atoms with E-state index in [0.717, 1.165) is 12.0 Å². The summed E-state index contributed by atoms with van der Waals surface area (Å²) < 4.78 is 4.76. The molecule has 0 saturated heterocycles. The molecular weight excluding hydrogens is 330 g/mol. The lowest BCUT2D eigenvalue weighted by Crippen LogP contribution is -2.48. The molecule has 1 aromatic carbocycles. The molecule has 0 spiro atoms. The second-order valence-corrected chi connectivity index (χ2v) is 7.86. The van der Waals surface area contributed by atoms with Gasteiger partial charge in [0.05, 0.1) is 12.7 Å². The quantitative estimate of drug-likeness (QED) is 0.637. The number of rotatable bonds is 2. The number of methoxy groups -OCH3 is 1. The molecule has 1 N–H and O–H groups in total. The highest BCUT2D eigenvalue weighted by Crippen LogP contribution is 2.55. The molecule has 0 aromatic heterocycles. The predicted molar refractivity (Wildman–Crippen MR) is 99.9 cm³/mol. The summed E-state index contributed by atoms with van der Waals surface area (Å²) in [4.78, 5) is 24.5. The molecule has 0 bridgehead atoms. The van der Waals surface area contributed by atoms with Gasteiger partial charge in [0, 0.05) is 23.9 Å². The lowest BCUT2D eigenvalue weighted by Gasteiger charge is -2.50. The van der Waals surface area contributed by atoms with Crippen molar-refractivity contribution in [1.82, 2.24) is 4.90 Å². The molecular formula is C21H25NO4. The van der Waals surface area contributed by atoms with Gasteiger partial charge in [0.25, 0.3) is 0 Å². The van der Waals surface area contributed by atoms with E-state index in [1.165, 1.54) is 23.2 Å². The van der Waals surface area contributed by atoms with Crippen molar-refractivity contribution >= 4 is 17.6 Å². The number of fused-ring (bicyclic) bond motifs is 1. The van der Waals surface area contributed by atoms with Crippen LogP contribution in [0.2, 0.25) is 0 Å². The summed E-state index contributed by atoms with van der Waals surface area (Å²) in [5, 5.41) is 9.34. The Morgan fingerprint density at radius 3 is 2.35 bits per heavy atom. The standard InChI is InChI=1S/C21H25NO4/c1-20(2)16(14-5-7-15(8-6-14)18(23)26-4)9-11-21(3)13-22(19(24)25)12-10-17(20)21/h5-10H,11-13H2,1-4H3,(H,24,25). The monoisotopic (exact) mass is 355 g/mol. The summed E-state index contributed by atoms with van der Waals surface area (Å²) in [6, 6.07) is 7.48. The first-order chi connectivity index (χ1) is 12.2. The predicted octanol–water partition coefficient (Wildman–Crippen LogP) is 4.21. The Morgan fingerprint density at radius 2 is 1.77 bits per heavy atom. The smallest absolute Gasteiger partial charge is 0.407 e. The van der Waals surface area contributed by atoms with Gasteiger partial charge in [-0.3, -0.25) is 0 Å². The zero-order valence-corrected chi connectivity index (χ0v) is 15.7. The molecule has 138 valence electrons. The highest BCUT2D eigenvalue weighted by Gasteiger charge is 2.46. The van der Waals surface area contributed by atoms with Gasteiger partial charge in [0.2, 0.25) is 0 Å². The van der Waals surface area contributed by atoms with Crippen molar-refractivity contribution in [3.05, 3.63) is 53.1 Å². The summed E-state index contributed by atoms with van der Waals surface area (Å²) in [7, 11) is 1.37. The van der Waals surface area contributed by atoms with E-state index in [0.29, 0.717) is 18.7 Å². The minimum absolute atomic E-state index is 0.185. The van der Waals surface area contributed by atoms with Crippen LogP contribution in [0.5, 0.6) is 0 Å². The van der Waals surface area contributed by atoms with Gasteiger partial charge in [-0.05, 0) is 29.7 Å². The Balaban J connectivity index is 1.96. The van der Waals surface area contributed by atoms with Crippen LogP contribution in [-0.2, 0) is 4.74 Å². The molecule has 0 radical (unpaired) electrons. The van der Waals surface area contributed by atoms with Crippen LogP contribution < -0.4 is 0 Å². The molecule has 0 fully saturated rings. The first-order valence-corrected chi connectivity index (χ1v) is 8.77. The maximum Gasteiger partial charge on any atom is 0.407 e. The molecule has 5 heteroatoms. The number of amides is 1. The van der Waals surface area contributed by atoms with Gasteiger partial charge in [-0.25, -0.2) is 9.59 Å². The van der Waals surface area contributed by atoms with Crippen LogP contribution in [0, 0.1) is 10.8 Å². The SMILES string of the molecule is COC(=O)c1ccc(C2=CCC3(C)CN(C(=O)O)CC=C3C2(C)C)cc1. The Morgan fingerprint density at radius 1 is 1.12 bits per heavy atom. The van der Waals surface area contributed by atoms with Crippen LogP contribution in [0.15, 0.2) is 42.0 Å². The number of hydrogen-bond donors (Lipinski definition) is 1. The Bertz CT molecular complexity index is 804. The minimum Gasteiger partial charge on any atom is -0.465 e. The number of carbonyl (C=O) groups is 2. The zero-order chi connectivity index (χ0) is 19.1. The van der Waals surface area contributed by atoms with Gasteiger partial charge in [-0.15, -0.1) is 0 Å². The van der Waals surface area contributed by atoms with Crippen LogP contribution in [0.3, 0.4) is 0 Å². The van der Waals surface area contributed by atoms with E-state index in [1.54, 1.807) is 12.1 Å². The van der Waals surface area contributed by atoms with E-state index in [-0.39, 0.29) is 16.8 Å². The summed E-state index contributed by atoms with van der Waals surface area (Å²) in [6.45, 7) is 7.46. The fourth-order valence-corrected chi connectivity index (χ4v) is 4.46. The topological polar surface area (TPSA) is 66.8 Å². The molecule has 0 saturated carbocycles.